The molecule has 0 amide bonds. The highest BCUT2D eigenvalue weighted by atomic mass is 16.5. The molecule has 0 spiro atoms. The summed E-state index contributed by atoms with van der Waals surface area (Å²) in [5, 5.41) is 20.0. The van der Waals surface area contributed by atoms with E-state index in [0.29, 0.717) is 19.0 Å². The van der Waals surface area contributed by atoms with Crippen molar-refractivity contribution in [3.8, 4) is 0 Å². The predicted octanol–water partition coefficient (Wildman–Crippen LogP) is 0.320. The van der Waals surface area contributed by atoms with E-state index in [1.54, 1.807) is 13.8 Å². The third-order valence-corrected chi connectivity index (χ3v) is 2.17. The van der Waals surface area contributed by atoms with Gasteiger partial charge in [-0.1, -0.05) is 0 Å². The van der Waals surface area contributed by atoms with Gasteiger partial charge in [-0.3, -0.25) is 4.79 Å². The van der Waals surface area contributed by atoms with Crippen LogP contribution in [0, 0.1) is 5.41 Å². The lowest BCUT2D eigenvalue weighted by Gasteiger charge is -2.18. The average Bonchev–Trinajstić information content (AvgIpc) is 2.61. The summed E-state index contributed by atoms with van der Waals surface area (Å²) < 4.78 is 6.64. The fourth-order valence-corrected chi connectivity index (χ4v) is 1.08. The molecule has 1 N–H and O–H groups in total. The molecule has 0 aromatic carbocycles. The number of tetrazole rings is 1. The molecule has 0 atom stereocenters. The van der Waals surface area contributed by atoms with Gasteiger partial charge in [0.05, 0.1) is 12.0 Å². The molecule has 0 aliphatic carbocycles. The lowest BCUT2D eigenvalue weighted by Crippen LogP contribution is -2.30. The number of rotatable bonds is 6. The van der Waals surface area contributed by atoms with Crippen LogP contribution in [0.15, 0.2) is 0 Å². The minimum atomic E-state index is -0.906. The fraction of sp³-hybridized carbons (Fsp3) is 0.778. The highest BCUT2D eigenvalue weighted by Gasteiger charge is 2.29. The van der Waals surface area contributed by atoms with Crippen LogP contribution in [0.4, 0.5) is 0 Å². The van der Waals surface area contributed by atoms with Crippen molar-refractivity contribution in [2.45, 2.75) is 33.9 Å². The Hall–Kier alpha value is -1.50. The van der Waals surface area contributed by atoms with Gasteiger partial charge in [-0.05, 0) is 31.2 Å². The predicted molar refractivity (Wildman–Crippen MR) is 54.6 cm³/mol. The zero-order valence-corrected chi connectivity index (χ0v) is 9.67. The molecule has 0 radical (unpaired) electrons. The number of carbonyl (C=O) groups is 1. The molecule has 0 aliphatic heterocycles. The molecule has 0 saturated carbocycles. The summed E-state index contributed by atoms with van der Waals surface area (Å²) in [5.41, 5.74) is -0.906. The van der Waals surface area contributed by atoms with Crippen LogP contribution in [-0.2, 0) is 22.7 Å². The fourth-order valence-electron chi connectivity index (χ4n) is 1.08. The van der Waals surface area contributed by atoms with Crippen LogP contribution in [-0.4, -0.2) is 37.9 Å². The largest absolute Gasteiger partial charge is 0.481 e. The lowest BCUT2D eigenvalue weighted by molar-refractivity contribution is -0.147. The maximum atomic E-state index is 11.0. The molecule has 1 rings (SSSR count). The third kappa shape index (κ3) is 2.99. The van der Waals surface area contributed by atoms with Crippen LogP contribution in [0.2, 0.25) is 0 Å². The molecule has 0 fully saturated rings. The summed E-state index contributed by atoms with van der Waals surface area (Å²) in [7, 11) is 0. The Bertz CT molecular complexity index is 361. The summed E-state index contributed by atoms with van der Waals surface area (Å²) in [5.74, 6) is -0.346. The summed E-state index contributed by atoms with van der Waals surface area (Å²) in [6.45, 7) is 6.20. The summed E-state index contributed by atoms with van der Waals surface area (Å²) >= 11 is 0. The number of ether oxygens (including phenoxy) is 1. The number of carboxylic acids is 1. The molecule has 0 unspecified atom stereocenters. The zero-order chi connectivity index (χ0) is 12.2. The van der Waals surface area contributed by atoms with E-state index < -0.39 is 11.4 Å². The van der Waals surface area contributed by atoms with Crippen LogP contribution in [0.25, 0.3) is 0 Å². The number of hydrogen-bond acceptors (Lipinski definition) is 5. The molecule has 7 heteroatoms. The molecule has 0 bridgehead atoms. The molecule has 16 heavy (non-hydrogen) atoms. The Kier molecular flexibility index (Phi) is 3.94. The first-order chi connectivity index (χ1) is 7.47. The smallest absolute Gasteiger partial charge is 0.310 e. The van der Waals surface area contributed by atoms with Crippen molar-refractivity contribution in [2.24, 2.45) is 5.41 Å². The van der Waals surface area contributed by atoms with Gasteiger partial charge in [0.1, 0.15) is 6.61 Å². The zero-order valence-electron chi connectivity index (χ0n) is 9.67. The standard InChI is InChI=1S/C9H16N4O3/c1-4-16-5-7-10-11-12-13(7)6-9(2,3)8(14)15/h4-6H2,1-3H3,(H,14,15). The van der Waals surface area contributed by atoms with E-state index >= 15 is 0 Å². The summed E-state index contributed by atoms with van der Waals surface area (Å²) in [4.78, 5) is 11.0. The van der Waals surface area contributed by atoms with Gasteiger partial charge < -0.3 is 9.84 Å². The van der Waals surface area contributed by atoms with Crippen molar-refractivity contribution >= 4 is 5.97 Å². The van der Waals surface area contributed by atoms with Crippen LogP contribution >= 0.6 is 0 Å². The van der Waals surface area contributed by atoms with Gasteiger partial charge in [-0.15, -0.1) is 5.10 Å². The molecule has 90 valence electrons. The van der Waals surface area contributed by atoms with E-state index in [2.05, 4.69) is 15.5 Å². The molecule has 1 aromatic rings. The Morgan fingerprint density at radius 1 is 1.56 bits per heavy atom. The van der Waals surface area contributed by atoms with Gasteiger partial charge in [0.25, 0.3) is 0 Å². The Morgan fingerprint density at radius 2 is 2.25 bits per heavy atom. The minimum absolute atomic E-state index is 0.220. The van der Waals surface area contributed by atoms with Gasteiger partial charge >= 0.3 is 5.97 Å². The van der Waals surface area contributed by atoms with Crippen LogP contribution in [0.1, 0.15) is 26.6 Å². The quantitative estimate of drug-likeness (QED) is 0.754. The van der Waals surface area contributed by atoms with Crippen LogP contribution < -0.4 is 0 Å². The van der Waals surface area contributed by atoms with Crippen molar-refractivity contribution in [3.05, 3.63) is 5.82 Å². The van der Waals surface area contributed by atoms with Gasteiger partial charge in [-0.2, -0.15) is 0 Å². The second kappa shape index (κ2) is 5.02. The normalized spacial score (nSPS) is 11.7. The van der Waals surface area contributed by atoms with Crippen LogP contribution in [0.3, 0.4) is 0 Å². The third-order valence-electron chi connectivity index (χ3n) is 2.17. The van der Waals surface area contributed by atoms with Crippen molar-refractivity contribution in [3.63, 3.8) is 0 Å². The summed E-state index contributed by atoms with van der Waals surface area (Å²) in [6.07, 6.45) is 0. The van der Waals surface area contributed by atoms with Gasteiger partial charge in [-0.25, -0.2) is 4.68 Å². The van der Waals surface area contributed by atoms with Crippen molar-refractivity contribution < 1.29 is 14.6 Å². The molecule has 7 nitrogen and oxygen atoms in total. The van der Waals surface area contributed by atoms with Gasteiger partial charge in [0.2, 0.25) is 0 Å². The first kappa shape index (κ1) is 12.6. The van der Waals surface area contributed by atoms with Crippen molar-refractivity contribution in [1.29, 1.82) is 0 Å². The van der Waals surface area contributed by atoms with E-state index in [1.807, 2.05) is 6.92 Å². The number of aromatic nitrogens is 4. The second-order valence-corrected chi connectivity index (χ2v) is 4.08. The second-order valence-electron chi connectivity index (χ2n) is 4.08. The molecule has 1 heterocycles. The number of hydrogen-bond donors (Lipinski definition) is 1. The minimum Gasteiger partial charge on any atom is -0.481 e. The molecule has 0 aliphatic rings. The van der Waals surface area contributed by atoms with Gasteiger partial charge in [0.15, 0.2) is 5.82 Å². The van der Waals surface area contributed by atoms with Crippen LogP contribution in [0.5, 0.6) is 0 Å². The van der Waals surface area contributed by atoms with E-state index in [9.17, 15) is 4.79 Å². The highest BCUT2D eigenvalue weighted by Crippen LogP contribution is 2.18. The van der Waals surface area contributed by atoms with Gasteiger partial charge in [0, 0.05) is 6.61 Å². The van der Waals surface area contributed by atoms with E-state index in [-0.39, 0.29) is 6.54 Å². The highest BCUT2D eigenvalue weighted by molar-refractivity contribution is 5.73. The number of carboxylic acid groups (broad SMARTS) is 1. The Balaban J connectivity index is 2.73. The van der Waals surface area contributed by atoms with Crippen molar-refractivity contribution in [1.82, 2.24) is 20.2 Å². The first-order valence-corrected chi connectivity index (χ1v) is 5.03. The Labute approximate surface area is 93.4 Å². The maximum Gasteiger partial charge on any atom is 0.310 e. The summed E-state index contributed by atoms with van der Waals surface area (Å²) in [6, 6.07) is 0. The average molecular weight is 228 g/mol. The first-order valence-electron chi connectivity index (χ1n) is 5.03. The molecule has 0 saturated heterocycles. The SMILES string of the molecule is CCOCc1nnnn1CC(C)(C)C(=O)O. The monoisotopic (exact) mass is 228 g/mol. The number of nitrogens with zero attached hydrogens (tertiary/aromatic N) is 4. The van der Waals surface area contributed by atoms with Crippen molar-refractivity contribution in [2.75, 3.05) is 6.61 Å². The van der Waals surface area contributed by atoms with E-state index in [1.165, 1.54) is 4.68 Å². The topological polar surface area (TPSA) is 90.1 Å². The number of aliphatic carboxylic acids is 1. The molecular formula is C9H16N4O3. The Morgan fingerprint density at radius 3 is 2.81 bits per heavy atom. The molecule has 1 aromatic heterocycles. The molecular weight excluding hydrogens is 212 g/mol. The maximum absolute atomic E-state index is 11.0. The van der Waals surface area contributed by atoms with E-state index in [0.717, 1.165) is 0 Å². The lowest BCUT2D eigenvalue weighted by atomic mass is 9.94. The van der Waals surface area contributed by atoms with E-state index in [4.69, 9.17) is 9.84 Å².